The van der Waals surface area contributed by atoms with Gasteiger partial charge < -0.3 is 14.4 Å². The number of nitrogens with zero attached hydrogens (tertiary/aromatic N) is 5. The second-order valence-electron chi connectivity index (χ2n) is 6.78. The van der Waals surface area contributed by atoms with Gasteiger partial charge in [0.05, 0.1) is 26.1 Å². The van der Waals surface area contributed by atoms with E-state index >= 15 is 0 Å². The maximum atomic E-state index is 13.5. The number of rotatable bonds is 8. The lowest BCUT2D eigenvalue weighted by atomic mass is 10.1. The molecule has 3 aromatic rings. The number of methoxy groups -OCH3 is 2. The molecule has 7 nitrogen and oxygen atoms in total. The average molecular weight is 417 g/mol. The quantitative estimate of drug-likeness (QED) is 0.546. The lowest BCUT2D eigenvalue weighted by Gasteiger charge is -2.19. The van der Waals surface area contributed by atoms with Crippen molar-refractivity contribution in [3.63, 3.8) is 0 Å². The van der Waals surface area contributed by atoms with E-state index in [1.165, 1.54) is 20.3 Å². The summed E-state index contributed by atoms with van der Waals surface area (Å²) < 4.78 is 39.5. The van der Waals surface area contributed by atoms with Gasteiger partial charge in [-0.1, -0.05) is 0 Å². The minimum atomic E-state index is -2.72. The molecule has 2 heterocycles. The van der Waals surface area contributed by atoms with Crippen LogP contribution in [0.2, 0.25) is 0 Å². The number of halogens is 2. The third kappa shape index (κ3) is 4.34. The minimum absolute atomic E-state index is 0.209. The molecule has 3 rings (SSSR count). The van der Waals surface area contributed by atoms with E-state index in [-0.39, 0.29) is 11.6 Å². The number of alkyl halides is 2. The third-order valence-corrected chi connectivity index (χ3v) is 4.89. The molecule has 160 valence electrons. The highest BCUT2D eigenvalue weighted by Crippen LogP contribution is 2.33. The van der Waals surface area contributed by atoms with E-state index < -0.39 is 6.43 Å². The van der Waals surface area contributed by atoms with Gasteiger partial charge in [0.1, 0.15) is 5.69 Å². The summed E-state index contributed by atoms with van der Waals surface area (Å²) in [5.41, 5.74) is 2.68. The van der Waals surface area contributed by atoms with E-state index in [4.69, 9.17) is 9.47 Å². The van der Waals surface area contributed by atoms with Gasteiger partial charge in [-0.2, -0.15) is 5.10 Å². The van der Waals surface area contributed by atoms with Crippen LogP contribution in [0, 0.1) is 6.92 Å². The summed E-state index contributed by atoms with van der Waals surface area (Å²) in [6, 6.07) is 6.46. The molecule has 0 bridgehead atoms. The van der Waals surface area contributed by atoms with Crippen LogP contribution >= 0.6 is 0 Å². The fourth-order valence-electron chi connectivity index (χ4n) is 3.16. The Labute approximate surface area is 174 Å². The lowest BCUT2D eigenvalue weighted by molar-refractivity contribution is 0.146. The minimum Gasteiger partial charge on any atom is -0.493 e. The largest absolute Gasteiger partial charge is 0.493 e. The molecule has 9 heteroatoms. The molecule has 2 aromatic heterocycles. The first kappa shape index (κ1) is 21.5. The van der Waals surface area contributed by atoms with Crippen molar-refractivity contribution in [1.82, 2.24) is 19.7 Å². The molecule has 0 unspecified atom stereocenters. The van der Waals surface area contributed by atoms with E-state index in [0.29, 0.717) is 29.3 Å². The SMILES string of the molecule is CCn1ncc(CN(C)c2nc(-c3ccc(OC)c(OC)c3)cc(C(F)F)n2)c1C. The van der Waals surface area contributed by atoms with E-state index in [9.17, 15) is 8.78 Å². The number of benzene rings is 1. The highest BCUT2D eigenvalue weighted by molar-refractivity contribution is 5.65. The molecule has 0 radical (unpaired) electrons. The Morgan fingerprint density at radius 1 is 1.10 bits per heavy atom. The third-order valence-electron chi connectivity index (χ3n) is 4.89. The smallest absolute Gasteiger partial charge is 0.280 e. The van der Waals surface area contributed by atoms with Gasteiger partial charge >= 0.3 is 0 Å². The fraction of sp³-hybridized carbons (Fsp3) is 0.381. The van der Waals surface area contributed by atoms with Crippen LogP contribution in [-0.2, 0) is 13.1 Å². The molecule has 0 N–H and O–H groups in total. The second-order valence-corrected chi connectivity index (χ2v) is 6.78. The predicted octanol–water partition coefficient (Wildman–Crippen LogP) is 4.26. The van der Waals surface area contributed by atoms with E-state index in [1.807, 2.05) is 18.5 Å². The summed E-state index contributed by atoms with van der Waals surface area (Å²) in [5, 5.41) is 4.33. The molecule has 0 spiro atoms. The van der Waals surface area contributed by atoms with Gasteiger partial charge in [-0.15, -0.1) is 0 Å². The molecule has 0 aliphatic rings. The number of aryl methyl sites for hydroxylation is 1. The molecule has 0 aliphatic carbocycles. The number of hydrogen-bond donors (Lipinski definition) is 0. The Morgan fingerprint density at radius 2 is 1.83 bits per heavy atom. The number of ether oxygens (including phenoxy) is 2. The van der Waals surface area contributed by atoms with E-state index in [1.54, 1.807) is 36.3 Å². The summed E-state index contributed by atoms with van der Waals surface area (Å²) in [5.74, 6) is 1.25. The number of aromatic nitrogens is 4. The number of hydrogen-bond acceptors (Lipinski definition) is 6. The summed E-state index contributed by atoms with van der Waals surface area (Å²) in [4.78, 5) is 10.3. The molecular formula is C21H25F2N5O2. The molecule has 0 atom stereocenters. The standard InChI is InChI=1S/C21H25F2N5O2/c1-6-28-13(2)15(11-24-28)12-27(3)21-25-16(10-17(26-21)20(22)23)14-7-8-18(29-4)19(9-14)30-5/h7-11,20H,6,12H2,1-5H3. The molecule has 0 saturated carbocycles. The van der Waals surface area contributed by atoms with Crippen LogP contribution in [0.15, 0.2) is 30.5 Å². The normalized spacial score (nSPS) is 11.1. The van der Waals surface area contributed by atoms with Gasteiger partial charge in [-0.05, 0) is 38.1 Å². The maximum absolute atomic E-state index is 13.5. The van der Waals surface area contributed by atoms with Crippen molar-refractivity contribution in [3.05, 3.63) is 47.4 Å². The van der Waals surface area contributed by atoms with Crippen LogP contribution in [-0.4, -0.2) is 41.0 Å². The average Bonchev–Trinajstić information content (AvgIpc) is 3.11. The Hall–Kier alpha value is -3.23. The Morgan fingerprint density at radius 3 is 2.43 bits per heavy atom. The molecule has 1 aromatic carbocycles. The van der Waals surface area contributed by atoms with E-state index in [0.717, 1.165) is 17.8 Å². The van der Waals surface area contributed by atoms with Crippen LogP contribution in [0.3, 0.4) is 0 Å². The maximum Gasteiger partial charge on any atom is 0.280 e. The van der Waals surface area contributed by atoms with Gasteiger partial charge in [0, 0.05) is 37.0 Å². The molecule has 0 aliphatic heterocycles. The van der Waals surface area contributed by atoms with Crippen molar-refractivity contribution in [2.24, 2.45) is 0 Å². The molecule has 30 heavy (non-hydrogen) atoms. The summed E-state index contributed by atoms with van der Waals surface area (Å²) >= 11 is 0. The summed E-state index contributed by atoms with van der Waals surface area (Å²) in [6.45, 7) is 5.20. The number of anilines is 1. The van der Waals surface area contributed by atoms with Crippen molar-refractivity contribution in [2.75, 3.05) is 26.2 Å². The van der Waals surface area contributed by atoms with Gasteiger partial charge in [-0.25, -0.2) is 18.7 Å². The van der Waals surface area contributed by atoms with Crippen molar-refractivity contribution in [2.45, 2.75) is 33.4 Å². The molecule has 0 saturated heterocycles. The van der Waals surface area contributed by atoms with Crippen LogP contribution in [0.25, 0.3) is 11.3 Å². The van der Waals surface area contributed by atoms with Crippen LogP contribution < -0.4 is 14.4 Å². The zero-order valence-electron chi connectivity index (χ0n) is 17.7. The van der Waals surface area contributed by atoms with E-state index in [2.05, 4.69) is 15.1 Å². The zero-order valence-corrected chi connectivity index (χ0v) is 17.7. The van der Waals surface area contributed by atoms with Crippen molar-refractivity contribution < 1.29 is 18.3 Å². The highest BCUT2D eigenvalue weighted by atomic mass is 19.3. The monoisotopic (exact) mass is 417 g/mol. The second kappa shape index (κ2) is 9.06. The summed E-state index contributed by atoms with van der Waals surface area (Å²) in [6.07, 6.45) is -0.940. The van der Waals surface area contributed by atoms with Crippen LogP contribution in [0.4, 0.5) is 14.7 Å². The lowest BCUT2D eigenvalue weighted by Crippen LogP contribution is -2.20. The summed E-state index contributed by atoms with van der Waals surface area (Å²) in [7, 11) is 4.82. The molecule has 0 fully saturated rings. The van der Waals surface area contributed by atoms with Gasteiger partial charge in [0.15, 0.2) is 11.5 Å². The Bertz CT molecular complexity index is 1020. The van der Waals surface area contributed by atoms with Gasteiger partial charge in [-0.3, -0.25) is 4.68 Å². The van der Waals surface area contributed by atoms with Gasteiger partial charge in [0.25, 0.3) is 6.43 Å². The predicted molar refractivity (Wildman–Crippen MR) is 110 cm³/mol. The highest BCUT2D eigenvalue weighted by Gasteiger charge is 2.18. The molecule has 0 amide bonds. The Balaban J connectivity index is 1.99. The van der Waals surface area contributed by atoms with Crippen molar-refractivity contribution >= 4 is 5.95 Å². The van der Waals surface area contributed by atoms with Crippen molar-refractivity contribution in [1.29, 1.82) is 0 Å². The fourth-order valence-corrected chi connectivity index (χ4v) is 3.16. The first-order valence-electron chi connectivity index (χ1n) is 9.49. The topological polar surface area (TPSA) is 65.3 Å². The first-order chi connectivity index (χ1) is 14.4. The Kier molecular flexibility index (Phi) is 6.49. The van der Waals surface area contributed by atoms with Gasteiger partial charge in [0.2, 0.25) is 5.95 Å². The van der Waals surface area contributed by atoms with Crippen LogP contribution in [0.1, 0.15) is 30.3 Å². The molecular weight excluding hydrogens is 392 g/mol. The van der Waals surface area contributed by atoms with Crippen molar-refractivity contribution in [3.8, 4) is 22.8 Å². The first-order valence-corrected chi connectivity index (χ1v) is 9.49. The zero-order chi connectivity index (χ0) is 21.8. The van der Waals surface area contributed by atoms with Crippen LogP contribution in [0.5, 0.6) is 11.5 Å².